The average molecular weight is 304 g/mol. The van der Waals surface area contributed by atoms with Crippen LogP contribution in [0.2, 0.25) is 0 Å². The molecular weight excluding hydrogens is 278 g/mol. The van der Waals surface area contributed by atoms with Gasteiger partial charge in [0.2, 0.25) is 11.8 Å². The molecule has 2 heterocycles. The van der Waals surface area contributed by atoms with Gasteiger partial charge in [-0.15, -0.1) is 12.4 Å². The number of carbonyl (C=O) groups excluding carboxylic acids is 2. The van der Waals surface area contributed by atoms with Crippen molar-refractivity contribution in [1.82, 2.24) is 9.80 Å². The standard InChI is InChI=1S/C14H25N3O2.ClH/c1-3-4-10(2)17-8-11(7-13(17)18)14(19)16-6-5-12(15)9-16;/h10-12H,3-9,15H2,1-2H3;1H/t10?,11?,12-;/m1./s1. The van der Waals surface area contributed by atoms with Crippen molar-refractivity contribution < 1.29 is 9.59 Å². The van der Waals surface area contributed by atoms with Gasteiger partial charge in [-0.3, -0.25) is 9.59 Å². The van der Waals surface area contributed by atoms with E-state index in [2.05, 4.69) is 13.8 Å². The summed E-state index contributed by atoms with van der Waals surface area (Å²) in [5.41, 5.74) is 5.83. The molecule has 5 nitrogen and oxygen atoms in total. The Bertz CT molecular complexity index is 364. The van der Waals surface area contributed by atoms with Gasteiger partial charge in [-0.1, -0.05) is 13.3 Å². The van der Waals surface area contributed by atoms with Gasteiger partial charge in [0, 0.05) is 38.1 Å². The number of nitrogens with two attached hydrogens (primary N) is 1. The Hall–Kier alpha value is -0.810. The van der Waals surface area contributed by atoms with Crippen LogP contribution in [-0.4, -0.2) is 53.3 Å². The van der Waals surface area contributed by atoms with E-state index in [-0.39, 0.29) is 42.2 Å². The highest BCUT2D eigenvalue weighted by molar-refractivity contribution is 5.89. The highest BCUT2D eigenvalue weighted by atomic mass is 35.5. The van der Waals surface area contributed by atoms with Crippen LogP contribution in [0.25, 0.3) is 0 Å². The third kappa shape index (κ3) is 3.64. The Balaban J connectivity index is 0.00000200. The van der Waals surface area contributed by atoms with Crippen LogP contribution in [0.4, 0.5) is 0 Å². The molecule has 0 aromatic carbocycles. The number of hydrogen-bond acceptors (Lipinski definition) is 3. The lowest BCUT2D eigenvalue weighted by atomic mass is 10.1. The predicted molar refractivity (Wildman–Crippen MR) is 80.6 cm³/mol. The normalized spacial score (nSPS) is 27.6. The fourth-order valence-corrected chi connectivity index (χ4v) is 3.14. The molecule has 0 bridgehead atoms. The second kappa shape index (κ2) is 7.27. The van der Waals surface area contributed by atoms with Crippen molar-refractivity contribution in [2.45, 2.75) is 51.6 Å². The van der Waals surface area contributed by atoms with E-state index in [1.54, 1.807) is 0 Å². The summed E-state index contributed by atoms with van der Waals surface area (Å²) in [6, 6.07) is 0.354. The number of halogens is 1. The van der Waals surface area contributed by atoms with Crippen molar-refractivity contribution in [2.75, 3.05) is 19.6 Å². The second-order valence-corrected chi connectivity index (χ2v) is 5.92. The zero-order valence-electron chi connectivity index (χ0n) is 12.4. The van der Waals surface area contributed by atoms with Crippen molar-refractivity contribution >= 4 is 24.2 Å². The van der Waals surface area contributed by atoms with Crippen LogP contribution < -0.4 is 5.73 Å². The monoisotopic (exact) mass is 303 g/mol. The first kappa shape index (κ1) is 17.2. The number of amides is 2. The molecule has 0 aromatic rings. The lowest BCUT2D eigenvalue weighted by Crippen LogP contribution is -2.39. The Kier molecular flexibility index (Phi) is 6.27. The van der Waals surface area contributed by atoms with Gasteiger partial charge in [0.05, 0.1) is 5.92 Å². The minimum absolute atomic E-state index is 0. The summed E-state index contributed by atoms with van der Waals surface area (Å²) in [6.45, 7) is 6.17. The van der Waals surface area contributed by atoms with Gasteiger partial charge in [-0.25, -0.2) is 0 Å². The summed E-state index contributed by atoms with van der Waals surface area (Å²) in [5.74, 6) is 0.0902. The van der Waals surface area contributed by atoms with Gasteiger partial charge in [-0.05, 0) is 19.8 Å². The molecule has 0 aromatic heterocycles. The van der Waals surface area contributed by atoms with Gasteiger partial charge >= 0.3 is 0 Å². The van der Waals surface area contributed by atoms with Gasteiger partial charge in [-0.2, -0.15) is 0 Å². The Morgan fingerprint density at radius 2 is 2.15 bits per heavy atom. The van der Waals surface area contributed by atoms with E-state index in [1.807, 2.05) is 9.80 Å². The first-order valence-electron chi connectivity index (χ1n) is 7.36. The van der Waals surface area contributed by atoms with Crippen LogP contribution in [0.1, 0.15) is 39.5 Å². The maximum absolute atomic E-state index is 12.4. The number of likely N-dealkylation sites (tertiary alicyclic amines) is 2. The number of nitrogens with zero attached hydrogens (tertiary/aromatic N) is 2. The minimum atomic E-state index is -0.155. The molecule has 6 heteroatoms. The summed E-state index contributed by atoms with van der Waals surface area (Å²) in [4.78, 5) is 28.1. The molecule has 0 aliphatic carbocycles. The molecule has 0 radical (unpaired) electrons. The summed E-state index contributed by atoms with van der Waals surface area (Å²) in [7, 11) is 0. The Labute approximate surface area is 127 Å². The van der Waals surface area contributed by atoms with Crippen LogP contribution in [0, 0.1) is 5.92 Å². The van der Waals surface area contributed by atoms with Crippen LogP contribution in [0.3, 0.4) is 0 Å². The number of rotatable bonds is 4. The maximum atomic E-state index is 12.4. The summed E-state index contributed by atoms with van der Waals surface area (Å²) in [6.07, 6.45) is 3.31. The first-order chi connectivity index (χ1) is 9.02. The fraction of sp³-hybridized carbons (Fsp3) is 0.857. The molecule has 2 saturated heterocycles. The number of hydrogen-bond donors (Lipinski definition) is 1. The molecule has 2 unspecified atom stereocenters. The fourth-order valence-electron chi connectivity index (χ4n) is 3.14. The maximum Gasteiger partial charge on any atom is 0.228 e. The van der Waals surface area contributed by atoms with E-state index in [9.17, 15) is 9.59 Å². The smallest absolute Gasteiger partial charge is 0.228 e. The number of carbonyl (C=O) groups is 2. The van der Waals surface area contributed by atoms with Crippen molar-refractivity contribution in [3.8, 4) is 0 Å². The van der Waals surface area contributed by atoms with Gasteiger partial charge in [0.25, 0.3) is 0 Å². The van der Waals surface area contributed by atoms with E-state index in [0.717, 1.165) is 25.8 Å². The second-order valence-electron chi connectivity index (χ2n) is 5.92. The van der Waals surface area contributed by atoms with Crippen molar-refractivity contribution in [3.05, 3.63) is 0 Å². The van der Waals surface area contributed by atoms with Gasteiger partial charge < -0.3 is 15.5 Å². The highest BCUT2D eigenvalue weighted by Crippen LogP contribution is 2.25. The van der Waals surface area contributed by atoms with Crippen LogP contribution in [-0.2, 0) is 9.59 Å². The van der Waals surface area contributed by atoms with Crippen molar-refractivity contribution in [1.29, 1.82) is 0 Å². The molecule has 116 valence electrons. The summed E-state index contributed by atoms with van der Waals surface area (Å²) in [5, 5.41) is 0. The molecule has 2 fully saturated rings. The van der Waals surface area contributed by atoms with E-state index >= 15 is 0 Å². The zero-order valence-corrected chi connectivity index (χ0v) is 13.2. The van der Waals surface area contributed by atoms with Crippen LogP contribution in [0.5, 0.6) is 0 Å². The molecule has 2 aliphatic heterocycles. The molecular formula is C14H26ClN3O2. The SMILES string of the molecule is CCCC(C)N1CC(C(=O)N2CC[C@@H](N)C2)CC1=O.Cl. The van der Waals surface area contributed by atoms with E-state index in [0.29, 0.717) is 19.5 Å². The van der Waals surface area contributed by atoms with Crippen molar-refractivity contribution in [2.24, 2.45) is 11.7 Å². The molecule has 2 N–H and O–H groups in total. The molecule has 2 aliphatic rings. The van der Waals surface area contributed by atoms with Crippen LogP contribution >= 0.6 is 12.4 Å². The lowest BCUT2D eigenvalue weighted by molar-refractivity contribution is -0.134. The quantitative estimate of drug-likeness (QED) is 0.843. The Morgan fingerprint density at radius 1 is 1.45 bits per heavy atom. The molecule has 2 amide bonds. The zero-order chi connectivity index (χ0) is 14.0. The van der Waals surface area contributed by atoms with E-state index in [1.165, 1.54) is 0 Å². The first-order valence-corrected chi connectivity index (χ1v) is 7.36. The van der Waals surface area contributed by atoms with Crippen molar-refractivity contribution in [3.63, 3.8) is 0 Å². The molecule has 2 rings (SSSR count). The molecule has 0 spiro atoms. The summed E-state index contributed by atoms with van der Waals surface area (Å²) < 4.78 is 0. The van der Waals surface area contributed by atoms with Gasteiger partial charge in [0.1, 0.15) is 0 Å². The molecule has 0 saturated carbocycles. The van der Waals surface area contributed by atoms with Crippen LogP contribution in [0.15, 0.2) is 0 Å². The van der Waals surface area contributed by atoms with E-state index < -0.39 is 0 Å². The van der Waals surface area contributed by atoms with E-state index in [4.69, 9.17) is 5.73 Å². The Morgan fingerprint density at radius 3 is 2.70 bits per heavy atom. The highest BCUT2D eigenvalue weighted by Gasteiger charge is 2.39. The molecule has 3 atom stereocenters. The summed E-state index contributed by atoms with van der Waals surface area (Å²) >= 11 is 0. The minimum Gasteiger partial charge on any atom is -0.341 e. The predicted octanol–water partition coefficient (Wildman–Crippen LogP) is 1.00. The molecule has 20 heavy (non-hydrogen) atoms. The third-order valence-corrected chi connectivity index (χ3v) is 4.28. The topological polar surface area (TPSA) is 66.6 Å². The average Bonchev–Trinajstić information content (AvgIpc) is 2.95. The third-order valence-electron chi connectivity index (χ3n) is 4.28. The largest absolute Gasteiger partial charge is 0.341 e. The van der Waals surface area contributed by atoms with Gasteiger partial charge in [0.15, 0.2) is 0 Å². The lowest BCUT2D eigenvalue weighted by Gasteiger charge is -2.25.